The Morgan fingerprint density at radius 3 is 2.74 bits per heavy atom. The van der Waals surface area contributed by atoms with E-state index >= 15 is 0 Å². The van der Waals surface area contributed by atoms with Gasteiger partial charge in [0.15, 0.2) is 0 Å². The van der Waals surface area contributed by atoms with Crippen LogP contribution in [0, 0.1) is 6.92 Å². The highest BCUT2D eigenvalue weighted by molar-refractivity contribution is 6.30. The zero-order chi connectivity index (χ0) is 14.0. The molecule has 0 aliphatic rings. The molecule has 102 valence electrons. The SMILES string of the molecule is COc1ccc(Cl)cc1C(C)Nc1cnn(C)c1C. The molecule has 1 atom stereocenters. The smallest absolute Gasteiger partial charge is 0.124 e. The largest absolute Gasteiger partial charge is 0.496 e. The van der Waals surface area contributed by atoms with Crippen LogP contribution in [-0.2, 0) is 7.05 Å². The summed E-state index contributed by atoms with van der Waals surface area (Å²) < 4.78 is 7.21. The summed E-state index contributed by atoms with van der Waals surface area (Å²) in [6, 6.07) is 5.71. The molecule has 0 aliphatic heterocycles. The van der Waals surface area contributed by atoms with E-state index in [4.69, 9.17) is 16.3 Å². The number of benzene rings is 1. The van der Waals surface area contributed by atoms with Crippen LogP contribution >= 0.6 is 11.6 Å². The molecule has 1 heterocycles. The van der Waals surface area contributed by atoms with Gasteiger partial charge in [0, 0.05) is 17.6 Å². The van der Waals surface area contributed by atoms with Crippen LogP contribution in [0.25, 0.3) is 0 Å². The normalized spacial score (nSPS) is 12.3. The zero-order valence-corrected chi connectivity index (χ0v) is 12.3. The van der Waals surface area contributed by atoms with Gasteiger partial charge in [-0.1, -0.05) is 11.6 Å². The van der Waals surface area contributed by atoms with Gasteiger partial charge in [0.2, 0.25) is 0 Å². The lowest BCUT2D eigenvalue weighted by Crippen LogP contribution is -2.09. The second-order valence-electron chi connectivity index (χ2n) is 4.52. The molecule has 19 heavy (non-hydrogen) atoms. The van der Waals surface area contributed by atoms with Crippen LogP contribution in [0.5, 0.6) is 5.75 Å². The van der Waals surface area contributed by atoms with E-state index < -0.39 is 0 Å². The first-order valence-corrected chi connectivity index (χ1v) is 6.49. The second-order valence-corrected chi connectivity index (χ2v) is 4.96. The number of nitrogens with one attached hydrogen (secondary N) is 1. The Bertz CT molecular complexity index is 580. The van der Waals surface area contributed by atoms with Gasteiger partial charge in [-0.15, -0.1) is 0 Å². The highest BCUT2D eigenvalue weighted by atomic mass is 35.5. The molecule has 0 bridgehead atoms. The molecular weight excluding hydrogens is 262 g/mol. The van der Waals surface area contributed by atoms with Crippen molar-refractivity contribution in [3.8, 4) is 5.75 Å². The van der Waals surface area contributed by atoms with E-state index in [1.807, 2.05) is 43.0 Å². The summed E-state index contributed by atoms with van der Waals surface area (Å²) >= 11 is 6.06. The second kappa shape index (κ2) is 5.53. The molecule has 0 spiro atoms. The molecule has 1 N–H and O–H groups in total. The zero-order valence-electron chi connectivity index (χ0n) is 11.6. The van der Waals surface area contributed by atoms with Crippen molar-refractivity contribution >= 4 is 17.3 Å². The van der Waals surface area contributed by atoms with Gasteiger partial charge in [-0.05, 0) is 32.0 Å². The number of ether oxygens (including phenoxy) is 1. The fourth-order valence-corrected chi connectivity index (χ4v) is 2.18. The van der Waals surface area contributed by atoms with Gasteiger partial charge in [-0.3, -0.25) is 4.68 Å². The fraction of sp³-hybridized carbons (Fsp3) is 0.357. The minimum absolute atomic E-state index is 0.0801. The number of halogens is 1. The summed E-state index contributed by atoms with van der Waals surface area (Å²) in [6.07, 6.45) is 1.82. The van der Waals surface area contributed by atoms with Gasteiger partial charge in [-0.2, -0.15) is 5.10 Å². The predicted molar refractivity (Wildman–Crippen MR) is 78.0 cm³/mol. The first-order chi connectivity index (χ1) is 9.02. The quantitative estimate of drug-likeness (QED) is 0.930. The minimum Gasteiger partial charge on any atom is -0.496 e. The summed E-state index contributed by atoms with van der Waals surface area (Å²) in [7, 11) is 3.58. The number of anilines is 1. The van der Waals surface area contributed by atoms with Crippen molar-refractivity contribution in [3.05, 3.63) is 40.7 Å². The molecular formula is C14H18ClN3O. The lowest BCUT2D eigenvalue weighted by atomic mass is 10.1. The molecule has 5 heteroatoms. The Hall–Kier alpha value is -1.68. The fourth-order valence-electron chi connectivity index (χ4n) is 1.99. The monoisotopic (exact) mass is 279 g/mol. The maximum absolute atomic E-state index is 6.06. The molecule has 0 saturated carbocycles. The van der Waals surface area contributed by atoms with Crippen LogP contribution in [0.15, 0.2) is 24.4 Å². The maximum atomic E-state index is 6.06. The molecule has 2 rings (SSSR count). The Morgan fingerprint density at radius 1 is 1.42 bits per heavy atom. The summed E-state index contributed by atoms with van der Waals surface area (Å²) in [5.41, 5.74) is 3.13. The molecule has 2 aromatic rings. The Balaban J connectivity index is 2.27. The van der Waals surface area contributed by atoms with E-state index in [9.17, 15) is 0 Å². The minimum atomic E-state index is 0.0801. The number of hydrogen-bond acceptors (Lipinski definition) is 3. The topological polar surface area (TPSA) is 39.1 Å². The van der Waals surface area contributed by atoms with E-state index in [-0.39, 0.29) is 6.04 Å². The third-order valence-electron chi connectivity index (χ3n) is 3.27. The lowest BCUT2D eigenvalue weighted by molar-refractivity contribution is 0.408. The lowest BCUT2D eigenvalue weighted by Gasteiger charge is -2.18. The van der Waals surface area contributed by atoms with Gasteiger partial charge in [0.05, 0.1) is 30.7 Å². The molecule has 1 aromatic carbocycles. The summed E-state index contributed by atoms with van der Waals surface area (Å²) in [5, 5.41) is 8.35. The average molecular weight is 280 g/mol. The van der Waals surface area contributed by atoms with E-state index in [0.29, 0.717) is 5.02 Å². The van der Waals surface area contributed by atoms with E-state index in [2.05, 4.69) is 17.3 Å². The van der Waals surface area contributed by atoms with Gasteiger partial charge >= 0.3 is 0 Å². The van der Waals surface area contributed by atoms with Crippen molar-refractivity contribution in [2.45, 2.75) is 19.9 Å². The van der Waals surface area contributed by atoms with Crippen LogP contribution in [-0.4, -0.2) is 16.9 Å². The van der Waals surface area contributed by atoms with E-state index in [0.717, 1.165) is 22.7 Å². The Labute approximate surface area is 118 Å². The predicted octanol–water partition coefficient (Wildman–Crippen LogP) is 3.56. The third kappa shape index (κ3) is 2.84. The van der Waals surface area contributed by atoms with Gasteiger partial charge in [0.25, 0.3) is 0 Å². The maximum Gasteiger partial charge on any atom is 0.124 e. The van der Waals surface area contributed by atoms with Crippen molar-refractivity contribution in [1.82, 2.24) is 9.78 Å². The summed E-state index contributed by atoms with van der Waals surface area (Å²) in [6.45, 7) is 4.10. The molecule has 0 fully saturated rings. The van der Waals surface area contributed by atoms with Crippen LogP contribution in [0.2, 0.25) is 5.02 Å². The van der Waals surface area contributed by atoms with E-state index in [1.165, 1.54) is 0 Å². The number of aromatic nitrogens is 2. The van der Waals surface area contributed by atoms with Gasteiger partial charge < -0.3 is 10.1 Å². The van der Waals surface area contributed by atoms with Crippen LogP contribution < -0.4 is 10.1 Å². The molecule has 0 radical (unpaired) electrons. The van der Waals surface area contributed by atoms with Crippen molar-refractivity contribution in [2.24, 2.45) is 7.05 Å². The molecule has 0 aliphatic carbocycles. The number of hydrogen-bond donors (Lipinski definition) is 1. The number of nitrogens with zero attached hydrogens (tertiary/aromatic N) is 2. The number of methoxy groups -OCH3 is 1. The van der Waals surface area contributed by atoms with Crippen molar-refractivity contribution in [1.29, 1.82) is 0 Å². The number of aryl methyl sites for hydroxylation is 1. The highest BCUT2D eigenvalue weighted by Crippen LogP contribution is 2.30. The van der Waals surface area contributed by atoms with Crippen molar-refractivity contribution < 1.29 is 4.74 Å². The standard InChI is InChI=1S/C14H18ClN3O/c1-9(17-13-8-16-18(3)10(13)2)12-7-11(15)5-6-14(12)19-4/h5-9,17H,1-4H3. The summed E-state index contributed by atoms with van der Waals surface area (Å²) in [4.78, 5) is 0. The first kappa shape index (κ1) is 13.7. The molecule has 1 unspecified atom stereocenters. The van der Waals surface area contributed by atoms with Crippen LogP contribution in [0.4, 0.5) is 5.69 Å². The Morgan fingerprint density at radius 2 is 2.16 bits per heavy atom. The molecule has 0 saturated heterocycles. The third-order valence-corrected chi connectivity index (χ3v) is 3.50. The molecule has 0 amide bonds. The van der Waals surface area contributed by atoms with Crippen LogP contribution in [0.1, 0.15) is 24.2 Å². The Kier molecular flexibility index (Phi) is 4.00. The van der Waals surface area contributed by atoms with E-state index in [1.54, 1.807) is 7.11 Å². The summed E-state index contributed by atoms with van der Waals surface area (Å²) in [5.74, 6) is 0.825. The average Bonchev–Trinajstić information content (AvgIpc) is 2.70. The van der Waals surface area contributed by atoms with Gasteiger partial charge in [0.1, 0.15) is 5.75 Å². The van der Waals surface area contributed by atoms with Crippen molar-refractivity contribution in [2.75, 3.05) is 12.4 Å². The highest BCUT2D eigenvalue weighted by Gasteiger charge is 2.14. The van der Waals surface area contributed by atoms with Gasteiger partial charge in [-0.25, -0.2) is 0 Å². The first-order valence-electron chi connectivity index (χ1n) is 6.11. The van der Waals surface area contributed by atoms with Crippen molar-refractivity contribution in [3.63, 3.8) is 0 Å². The van der Waals surface area contributed by atoms with Crippen LogP contribution in [0.3, 0.4) is 0 Å². The molecule has 1 aromatic heterocycles. The molecule has 4 nitrogen and oxygen atoms in total. The number of rotatable bonds is 4.